The molecule has 1 fully saturated rings. The van der Waals surface area contributed by atoms with Crippen molar-refractivity contribution >= 4 is 0 Å². The molecule has 2 N–H and O–H groups in total. The summed E-state index contributed by atoms with van der Waals surface area (Å²) in [5.41, 5.74) is 7.38. The third-order valence-electron chi connectivity index (χ3n) is 3.77. The van der Waals surface area contributed by atoms with Gasteiger partial charge in [0.05, 0.1) is 27.4 Å². The van der Waals surface area contributed by atoms with E-state index in [1.165, 1.54) is 0 Å². The van der Waals surface area contributed by atoms with Gasteiger partial charge in [-0.2, -0.15) is 0 Å². The van der Waals surface area contributed by atoms with Crippen molar-refractivity contribution in [3.8, 4) is 11.5 Å². The van der Waals surface area contributed by atoms with Gasteiger partial charge in [-0.15, -0.1) is 0 Å². The van der Waals surface area contributed by atoms with E-state index in [1.807, 2.05) is 18.2 Å². The van der Waals surface area contributed by atoms with Gasteiger partial charge in [-0.1, -0.05) is 6.07 Å². The predicted molar refractivity (Wildman–Crippen MR) is 78.3 cm³/mol. The van der Waals surface area contributed by atoms with Crippen LogP contribution < -0.4 is 15.2 Å². The average Bonchev–Trinajstić information content (AvgIpc) is 2.48. The molecule has 20 heavy (non-hydrogen) atoms. The molecule has 0 spiro atoms. The third-order valence-corrected chi connectivity index (χ3v) is 3.77. The van der Waals surface area contributed by atoms with Crippen molar-refractivity contribution in [3.05, 3.63) is 23.8 Å². The average molecular weight is 280 g/mol. The zero-order valence-electron chi connectivity index (χ0n) is 12.5. The van der Waals surface area contributed by atoms with Crippen LogP contribution in [0.15, 0.2) is 18.2 Å². The Balaban J connectivity index is 2.06. The van der Waals surface area contributed by atoms with E-state index in [2.05, 4.69) is 11.8 Å². The molecule has 1 aromatic carbocycles. The summed E-state index contributed by atoms with van der Waals surface area (Å²) in [4.78, 5) is 2.37. The number of nitrogens with zero attached hydrogens (tertiary/aromatic N) is 1. The number of hydrogen-bond donors (Lipinski definition) is 1. The second-order valence-corrected chi connectivity index (χ2v) is 5.14. The van der Waals surface area contributed by atoms with Crippen LogP contribution in [0.1, 0.15) is 18.5 Å². The van der Waals surface area contributed by atoms with Crippen LogP contribution in [-0.4, -0.2) is 51.5 Å². The maximum absolute atomic E-state index is 6.32. The number of hydrogen-bond acceptors (Lipinski definition) is 5. The maximum atomic E-state index is 6.32. The van der Waals surface area contributed by atoms with Crippen molar-refractivity contribution in [1.82, 2.24) is 4.90 Å². The molecule has 1 heterocycles. The van der Waals surface area contributed by atoms with Gasteiger partial charge >= 0.3 is 0 Å². The van der Waals surface area contributed by atoms with Gasteiger partial charge < -0.3 is 19.9 Å². The summed E-state index contributed by atoms with van der Waals surface area (Å²) in [6, 6.07) is 6.22. The smallest absolute Gasteiger partial charge is 0.161 e. The highest BCUT2D eigenvalue weighted by atomic mass is 16.5. The van der Waals surface area contributed by atoms with E-state index in [0.717, 1.165) is 43.4 Å². The highest BCUT2D eigenvalue weighted by Crippen LogP contribution is 2.29. The summed E-state index contributed by atoms with van der Waals surface area (Å²) < 4.78 is 16.0. The highest BCUT2D eigenvalue weighted by Gasteiger charge is 2.21. The molecule has 0 radical (unpaired) electrons. The molecular formula is C15H24N2O3. The van der Waals surface area contributed by atoms with Crippen LogP contribution in [0.25, 0.3) is 0 Å². The molecule has 1 aliphatic heterocycles. The Morgan fingerprint density at radius 2 is 2.10 bits per heavy atom. The summed E-state index contributed by atoms with van der Waals surface area (Å²) in [5, 5.41) is 0. The molecular weight excluding hydrogens is 256 g/mol. The fraction of sp³-hybridized carbons (Fsp3) is 0.600. The number of methoxy groups -OCH3 is 2. The molecule has 2 rings (SSSR count). The Hall–Kier alpha value is -1.30. The fourth-order valence-corrected chi connectivity index (χ4v) is 2.47. The number of rotatable bonds is 5. The van der Waals surface area contributed by atoms with Gasteiger partial charge in [-0.05, 0) is 24.6 Å². The van der Waals surface area contributed by atoms with Gasteiger partial charge in [0, 0.05) is 25.2 Å². The Bertz CT molecular complexity index is 439. The normalized spacial score (nSPS) is 21.5. The van der Waals surface area contributed by atoms with Crippen molar-refractivity contribution in [2.24, 2.45) is 5.73 Å². The minimum absolute atomic E-state index is 0.0460. The van der Waals surface area contributed by atoms with Crippen LogP contribution in [0.3, 0.4) is 0 Å². The maximum Gasteiger partial charge on any atom is 0.161 e. The lowest BCUT2D eigenvalue weighted by molar-refractivity contribution is -0.00281. The monoisotopic (exact) mass is 280 g/mol. The van der Waals surface area contributed by atoms with Crippen LogP contribution in [-0.2, 0) is 4.74 Å². The second-order valence-electron chi connectivity index (χ2n) is 5.14. The molecule has 0 saturated carbocycles. The van der Waals surface area contributed by atoms with Crippen molar-refractivity contribution in [2.75, 3.05) is 40.5 Å². The van der Waals surface area contributed by atoms with E-state index in [1.54, 1.807) is 14.2 Å². The third kappa shape index (κ3) is 3.42. The molecule has 0 aliphatic carbocycles. The topological polar surface area (TPSA) is 57.0 Å². The minimum atomic E-state index is -0.0460. The number of morpholine rings is 1. The van der Waals surface area contributed by atoms with Crippen LogP contribution in [0.5, 0.6) is 11.5 Å². The molecule has 5 heteroatoms. The van der Waals surface area contributed by atoms with Gasteiger partial charge in [0.2, 0.25) is 0 Å². The molecule has 0 bridgehead atoms. The first-order chi connectivity index (χ1) is 9.65. The first kappa shape index (κ1) is 15.1. The minimum Gasteiger partial charge on any atom is -0.493 e. The van der Waals surface area contributed by atoms with Crippen LogP contribution in [0, 0.1) is 0 Å². The summed E-state index contributed by atoms with van der Waals surface area (Å²) >= 11 is 0. The molecule has 112 valence electrons. The van der Waals surface area contributed by atoms with Crippen molar-refractivity contribution in [2.45, 2.75) is 19.0 Å². The quantitative estimate of drug-likeness (QED) is 0.884. The van der Waals surface area contributed by atoms with Crippen LogP contribution in [0.4, 0.5) is 0 Å². The zero-order valence-corrected chi connectivity index (χ0v) is 12.5. The van der Waals surface area contributed by atoms with E-state index in [4.69, 9.17) is 19.9 Å². The van der Waals surface area contributed by atoms with Gasteiger partial charge in [-0.25, -0.2) is 0 Å². The standard InChI is InChI=1S/C15H24N2O3/c1-11-10-20-7-6-17(11)9-13(16)12-4-5-14(18-2)15(8-12)19-3/h4-5,8,11,13H,6-7,9-10,16H2,1-3H3. The van der Waals surface area contributed by atoms with E-state index in [-0.39, 0.29) is 6.04 Å². The van der Waals surface area contributed by atoms with E-state index in [0.29, 0.717) is 6.04 Å². The summed E-state index contributed by atoms with van der Waals surface area (Å²) in [6.45, 7) is 5.48. The van der Waals surface area contributed by atoms with E-state index < -0.39 is 0 Å². The van der Waals surface area contributed by atoms with E-state index in [9.17, 15) is 0 Å². The number of ether oxygens (including phenoxy) is 3. The molecule has 0 amide bonds. The Morgan fingerprint density at radius 3 is 2.75 bits per heavy atom. The lowest BCUT2D eigenvalue weighted by Gasteiger charge is -2.35. The van der Waals surface area contributed by atoms with Crippen molar-refractivity contribution in [1.29, 1.82) is 0 Å². The molecule has 0 aromatic heterocycles. The van der Waals surface area contributed by atoms with Crippen LogP contribution in [0.2, 0.25) is 0 Å². The van der Waals surface area contributed by atoms with Crippen LogP contribution >= 0.6 is 0 Å². The summed E-state index contributed by atoms with van der Waals surface area (Å²) in [6.07, 6.45) is 0. The highest BCUT2D eigenvalue weighted by molar-refractivity contribution is 5.43. The van der Waals surface area contributed by atoms with Gasteiger partial charge in [0.1, 0.15) is 0 Å². The predicted octanol–water partition coefficient (Wildman–Crippen LogP) is 1.42. The molecule has 2 unspecified atom stereocenters. The SMILES string of the molecule is COc1ccc(C(N)CN2CCOCC2C)cc1OC. The second kappa shape index (κ2) is 6.92. The number of nitrogens with two attached hydrogens (primary N) is 1. The Kier molecular flexibility index (Phi) is 5.23. The van der Waals surface area contributed by atoms with E-state index >= 15 is 0 Å². The summed E-state index contributed by atoms with van der Waals surface area (Å²) in [5.74, 6) is 1.44. The molecule has 5 nitrogen and oxygen atoms in total. The van der Waals surface area contributed by atoms with Crippen molar-refractivity contribution in [3.63, 3.8) is 0 Å². The first-order valence-corrected chi connectivity index (χ1v) is 6.95. The largest absolute Gasteiger partial charge is 0.493 e. The number of benzene rings is 1. The first-order valence-electron chi connectivity index (χ1n) is 6.95. The Labute approximate surface area is 120 Å². The molecule has 1 aliphatic rings. The van der Waals surface area contributed by atoms with Gasteiger partial charge in [0.25, 0.3) is 0 Å². The molecule has 2 atom stereocenters. The lowest BCUT2D eigenvalue weighted by atomic mass is 10.1. The molecule has 1 saturated heterocycles. The van der Waals surface area contributed by atoms with Gasteiger partial charge in [-0.3, -0.25) is 4.90 Å². The fourth-order valence-electron chi connectivity index (χ4n) is 2.47. The zero-order chi connectivity index (χ0) is 14.5. The lowest BCUT2D eigenvalue weighted by Crippen LogP contribution is -2.46. The molecule has 1 aromatic rings. The Morgan fingerprint density at radius 1 is 1.35 bits per heavy atom. The summed E-state index contributed by atoms with van der Waals surface area (Å²) in [7, 11) is 3.27. The van der Waals surface area contributed by atoms with Crippen molar-refractivity contribution < 1.29 is 14.2 Å². The van der Waals surface area contributed by atoms with Gasteiger partial charge in [0.15, 0.2) is 11.5 Å².